The lowest BCUT2D eigenvalue weighted by Crippen LogP contribution is -2.50. The third-order valence-electron chi connectivity index (χ3n) is 2.78. The van der Waals surface area contributed by atoms with Gasteiger partial charge in [0.1, 0.15) is 0 Å². The number of anilines is 1. The molecule has 1 unspecified atom stereocenters. The first-order valence-electron chi connectivity index (χ1n) is 5.40. The Hall–Kier alpha value is -1.05. The number of halogens is 1. The van der Waals surface area contributed by atoms with E-state index in [2.05, 4.69) is 56.5 Å². The van der Waals surface area contributed by atoms with Crippen molar-refractivity contribution in [3.05, 3.63) is 28.7 Å². The van der Waals surface area contributed by atoms with Crippen LogP contribution in [-0.2, 0) is 0 Å². The van der Waals surface area contributed by atoms with E-state index in [1.165, 1.54) is 5.69 Å². The van der Waals surface area contributed by atoms with Gasteiger partial charge in [0, 0.05) is 35.8 Å². The summed E-state index contributed by atoms with van der Waals surface area (Å²) in [7, 11) is 0. The molecule has 1 aliphatic rings. The Balaban J connectivity index is 2.04. The van der Waals surface area contributed by atoms with Crippen LogP contribution in [0.5, 0.6) is 0 Å². The molecule has 1 aliphatic heterocycles. The third-order valence-corrected chi connectivity index (χ3v) is 3.31. The number of nitriles is 1. The summed E-state index contributed by atoms with van der Waals surface area (Å²) in [5.41, 5.74) is 1.23. The molecule has 0 amide bonds. The van der Waals surface area contributed by atoms with Gasteiger partial charge in [-0.1, -0.05) is 15.9 Å². The zero-order valence-electron chi connectivity index (χ0n) is 8.99. The molecular weight excluding hydrogens is 266 g/mol. The lowest BCUT2D eigenvalue weighted by Gasteiger charge is -2.34. The van der Waals surface area contributed by atoms with Gasteiger partial charge in [0.05, 0.1) is 12.5 Å². The average Bonchev–Trinajstić information content (AvgIpc) is 2.31. The van der Waals surface area contributed by atoms with Gasteiger partial charge >= 0.3 is 0 Å². The summed E-state index contributed by atoms with van der Waals surface area (Å²) < 4.78 is 1.10. The van der Waals surface area contributed by atoms with Gasteiger partial charge in [0.25, 0.3) is 0 Å². The minimum atomic E-state index is 0.294. The van der Waals surface area contributed by atoms with E-state index in [-0.39, 0.29) is 0 Å². The third kappa shape index (κ3) is 2.75. The van der Waals surface area contributed by atoms with Crippen LogP contribution in [0.25, 0.3) is 0 Å². The zero-order chi connectivity index (χ0) is 11.4. The summed E-state index contributed by atoms with van der Waals surface area (Å²) in [5, 5.41) is 12.1. The van der Waals surface area contributed by atoms with Crippen molar-refractivity contribution in [2.45, 2.75) is 12.5 Å². The molecule has 2 rings (SSSR count). The number of hydrogen-bond acceptors (Lipinski definition) is 3. The molecule has 1 heterocycles. The standard InChI is InChI=1S/C12H14BrN3/c13-10-1-3-12(4-2-10)16-8-7-15-11(9-16)5-6-14/h1-4,11,15H,5,7-9H2. The Morgan fingerprint density at radius 1 is 1.44 bits per heavy atom. The van der Waals surface area contributed by atoms with Gasteiger partial charge < -0.3 is 10.2 Å². The van der Waals surface area contributed by atoms with Crippen molar-refractivity contribution < 1.29 is 0 Å². The maximum atomic E-state index is 8.70. The molecule has 16 heavy (non-hydrogen) atoms. The van der Waals surface area contributed by atoms with Crippen LogP contribution in [0.4, 0.5) is 5.69 Å². The summed E-state index contributed by atoms with van der Waals surface area (Å²) in [6, 6.07) is 10.8. The van der Waals surface area contributed by atoms with Gasteiger partial charge in [-0.3, -0.25) is 0 Å². The fourth-order valence-corrected chi connectivity index (χ4v) is 2.22. The van der Waals surface area contributed by atoms with Crippen LogP contribution >= 0.6 is 15.9 Å². The molecule has 1 aromatic carbocycles. The highest BCUT2D eigenvalue weighted by Gasteiger charge is 2.18. The van der Waals surface area contributed by atoms with Crippen LogP contribution in [0.15, 0.2) is 28.7 Å². The summed E-state index contributed by atoms with van der Waals surface area (Å²) in [4.78, 5) is 2.32. The molecule has 1 aromatic rings. The van der Waals surface area contributed by atoms with E-state index < -0.39 is 0 Å². The van der Waals surface area contributed by atoms with Crippen molar-refractivity contribution in [1.82, 2.24) is 5.32 Å². The maximum absolute atomic E-state index is 8.70. The fourth-order valence-electron chi connectivity index (χ4n) is 1.96. The highest BCUT2D eigenvalue weighted by atomic mass is 79.9. The molecule has 1 saturated heterocycles. The highest BCUT2D eigenvalue weighted by molar-refractivity contribution is 9.10. The molecule has 0 saturated carbocycles. The van der Waals surface area contributed by atoms with Crippen LogP contribution in [0, 0.1) is 11.3 Å². The van der Waals surface area contributed by atoms with Crippen LogP contribution in [0.3, 0.4) is 0 Å². The first-order chi connectivity index (χ1) is 7.79. The molecule has 0 bridgehead atoms. The largest absolute Gasteiger partial charge is 0.369 e. The monoisotopic (exact) mass is 279 g/mol. The smallest absolute Gasteiger partial charge is 0.0638 e. The van der Waals surface area contributed by atoms with Crippen molar-refractivity contribution in [3.8, 4) is 6.07 Å². The topological polar surface area (TPSA) is 39.1 Å². The molecule has 84 valence electrons. The zero-order valence-corrected chi connectivity index (χ0v) is 10.6. The normalized spacial score (nSPS) is 20.5. The molecule has 3 nitrogen and oxygen atoms in total. The number of nitrogens with one attached hydrogen (secondary N) is 1. The predicted molar refractivity (Wildman–Crippen MR) is 68.4 cm³/mol. The van der Waals surface area contributed by atoms with Crippen molar-refractivity contribution in [1.29, 1.82) is 5.26 Å². The van der Waals surface area contributed by atoms with Gasteiger partial charge in [0.2, 0.25) is 0 Å². The summed E-state index contributed by atoms with van der Waals surface area (Å²) in [5.74, 6) is 0. The quantitative estimate of drug-likeness (QED) is 0.902. The van der Waals surface area contributed by atoms with Crippen molar-refractivity contribution in [3.63, 3.8) is 0 Å². The van der Waals surface area contributed by atoms with Crippen LogP contribution in [0.1, 0.15) is 6.42 Å². The van der Waals surface area contributed by atoms with Gasteiger partial charge in [-0.15, -0.1) is 0 Å². The van der Waals surface area contributed by atoms with Gasteiger partial charge in [0.15, 0.2) is 0 Å². The van der Waals surface area contributed by atoms with E-state index in [1.54, 1.807) is 0 Å². The molecule has 0 aromatic heterocycles. The van der Waals surface area contributed by atoms with E-state index in [9.17, 15) is 0 Å². The Kier molecular flexibility index (Phi) is 3.81. The second-order valence-corrected chi connectivity index (χ2v) is 4.85. The van der Waals surface area contributed by atoms with Crippen molar-refractivity contribution in [2.75, 3.05) is 24.5 Å². The van der Waals surface area contributed by atoms with Crippen LogP contribution < -0.4 is 10.2 Å². The van der Waals surface area contributed by atoms with E-state index in [1.807, 2.05) is 0 Å². The van der Waals surface area contributed by atoms with E-state index in [4.69, 9.17) is 5.26 Å². The summed E-state index contributed by atoms with van der Waals surface area (Å²) in [6.45, 7) is 2.86. The lowest BCUT2D eigenvalue weighted by molar-refractivity contribution is 0.463. The number of hydrogen-bond donors (Lipinski definition) is 1. The average molecular weight is 280 g/mol. The first kappa shape index (κ1) is 11.4. The molecule has 1 atom stereocenters. The SMILES string of the molecule is N#CCC1CN(c2ccc(Br)cc2)CCN1. The first-order valence-corrected chi connectivity index (χ1v) is 6.20. The molecule has 0 spiro atoms. The second-order valence-electron chi connectivity index (χ2n) is 3.94. The molecule has 1 N–H and O–H groups in total. The summed E-state index contributed by atoms with van der Waals surface area (Å²) >= 11 is 3.43. The van der Waals surface area contributed by atoms with Crippen molar-refractivity contribution in [2.24, 2.45) is 0 Å². The molecular formula is C12H14BrN3. The van der Waals surface area contributed by atoms with E-state index in [0.717, 1.165) is 24.1 Å². The van der Waals surface area contributed by atoms with Gasteiger partial charge in [-0.25, -0.2) is 0 Å². The molecule has 1 fully saturated rings. The van der Waals surface area contributed by atoms with E-state index in [0.29, 0.717) is 12.5 Å². The maximum Gasteiger partial charge on any atom is 0.0638 e. The fraction of sp³-hybridized carbons (Fsp3) is 0.417. The Morgan fingerprint density at radius 3 is 2.88 bits per heavy atom. The Morgan fingerprint density at radius 2 is 2.19 bits per heavy atom. The Labute approximate surface area is 104 Å². The molecule has 0 aliphatic carbocycles. The lowest BCUT2D eigenvalue weighted by atomic mass is 10.1. The van der Waals surface area contributed by atoms with Crippen LogP contribution in [-0.4, -0.2) is 25.7 Å². The second kappa shape index (κ2) is 5.33. The highest BCUT2D eigenvalue weighted by Crippen LogP contribution is 2.19. The molecule has 4 heteroatoms. The molecule has 0 radical (unpaired) electrons. The Bertz CT molecular complexity index is 382. The van der Waals surface area contributed by atoms with Gasteiger partial charge in [-0.2, -0.15) is 5.26 Å². The number of benzene rings is 1. The van der Waals surface area contributed by atoms with E-state index >= 15 is 0 Å². The minimum absolute atomic E-state index is 0.294. The number of nitrogens with zero attached hydrogens (tertiary/aromatic N) is 2. The van der Waals surface area contributed by atoms with Gasteiger partial charge in [-0.05, 0) is 24.3 Å². The number of piperazine rings is 1. The van der Waals surface area contributed by atoms with Crippen LogP contribution in [0.2, 0.25) is 0 Å². The van der Waals surface area contributed by atoms with Crippen molar-refractivity contribution >= 4 is 21.6 Å². The number of rotatable bonds is 2. The summed E-state index contributed by atoms with van der Waals surface area (Å²) in [6.07, 6.45) is 0.576. The minimum Gasteiger partial charge on any atom is -0.369 e. The predicted octanol–water partition coefficient (Wildman–Crippen LogP) is 2.14.